The van der Waals surface area contributed by atoms with Crippen molar-refractivity contribution in [1.82, 2.24) is 9.97 Å². The first-order valence-electron chi connectivity index (χ1n) is 9.72. The van der Waals surface area contributed by atoms with E-state index in [1.54, 1.807) is 27.6 Å². The van der Waals surface area contributed by atoms with Crippen molar-refractivity contribution in [2.24, 2.45) is 0 Å². The minimum Gasteiger partial charge on any atom is -0.488 e. The van der Waals surface area contributed by atoms with Crippen molar-refractivity contribution in [2.45, 2.75) is 37.5 Å². The topological polar surface area (TPSA) is 61.0 Å². The van der Waals surface area contributed by atoms with Gasteiger partial charge in [-0.05, 0) is 36.0 Å². The molecule has 1 aliphatic carbocycles. The third-order valence-electron chi connectivity index (χ3n) is 5.41. The molecule has 4 rings (SSSR count). The number of halogens is 2. The quantitative estimate of drug-likeness (QED) is 0.543. The third-order valence-corrected chi connectivity index (χ3v) is 6.32. The van der Waals surface area contributed by atoms with Crippen molar-refractivity contribution in [1.29, 1.82) is 0 Å². The van der Waals surface area contributed by atoms with E-state index in [4.69, 9.17) is 10.5 Å². The summed E-state index contributed by atoms with van der Waals surface area (Å²) in [7, 11) is 4.32. The van der Waals surface area contributed by atoms with Gasteiger partial charge in [0.05, 0.1) is 18.1 Å². The van der Waals surface area contributed by atoms with Crippen LogP contribution in [0.1, 0.15) is 41.9 Å². The number of hydrogen-bond donors (Lipinski definition) is 1. The molecule has 2 atom stereocenters. The molecule has 1 aliphatic rings. The van der Waals surface area contributed by atoms with E-state index in [1.807, 2.05) is 6.07 Å². The smallest absolute Gasteiger partial charge is 0.283 e. The van der Waals surface area contributed by atoms with Crippen LogP contribution in [-0.2, 0) is 12.3 Å². The van der Waals surface area contributed by atoms with Crippen molar-refractivity contribution in [3.63, 3.8) is 0 Å². The molecule has 8 heteroatoms. The number of hydrogen-bond acceptors (Lipinski definition) is 4. The molecule has 2 aromatic carbocycles. The van der Waals surface area contributed by atoms with E-state index in [2.05, 4.69) is 25.3 Å². The second-order valence-electron chi connectivity index (χ2n) is 7.51. The number of nitrogens with zero attached hydrogens (tertiary/aromatic N) is 2. The lowest BCUT2D eigenvalue weighted by molar-refractivity contribution is 0.104. The number of rotatable bonds is 6. The molecule has 1 saturated carbocycles. The Labute approximate surface area is 179 Å². The number of benzene rings is 2. The van der Waals surface area contributed by atoms with Crippen LogP contribution in [0.5, 0.6) is 5.75 Å². The monoisotopic (exact) mass is 445 g/mol. The molecule has 0 saturated heterocycles. The van der Waals surface area contributed by atoms with E-state index in [0.29, 0.717) is 23.0 Å². The summed E-state index contributed by atoms with van der Waals surface area (Å²) in [5.41, 5.74) is 6.06. The van der Waals surface area contributed by atoms with E-state index in [-0.39, 0.29) is 12.2 Å². The van der Waals surface area contributed by atoms with Crippen LogP contribution in [-0.4, -0.2) is 9.97 Å². The van der Waals surface area contributed by atoms with E-state index in [0.717, 1.165) is 35.0 Å². The van der Waals surface area contributed by atoms with Gasteiger partial charge in [-0.25, -0.2) is 4.98 Å². The highest BCUT2D eigenvalue weighted by atomic mass is 31.0. The predicted molar refractivity (Wildman–Crippen MR) is 122 cm³/mol. The number of anilines is 1. The molecule has 3 aromatic rings. The number of aromatic nitrogens is 2. The van der Waals surface area contributed by atoms with Crippen LogP contribution in [0.2, 0.25) is 0 Å². The van der Waals surface area contributed by atoms with Gasteiger partial charge in [-0.15, -0.1) is 9.24 Å². The molecule has 1 aromatic heterocycles. The van der Waals surface area contributed by atoms with Crippen molar-refractivity contribution in [3.8, 4) is 17.0 Å². The van der Waals surface area contributed by atoms with Crippen LogP contribution < -0.4 is 15.8 Å². The molecule has 0 aliphatic heterocycles. The molecule has 0 radical (unpaired) electrons. The Bertz CT molecular complexity index is 1050. The summed E-state index contributed by atoms with van der Waals surface area (Å²) in [4.78, 5) is 8.50. The highest BCUT2D eigenvalue weighted by Crippen LogP contribution is 2.42. The minimum absolute atomic E-state index is 0.0511. The summed E-state index contributed by atoms with van der Waals surface area (Å²) in [5, 5.41) is 0.881. The van der Waals surface area contributed by atoms with Gasteiger partial charge in [-0.3, -0.25) is 4.98 Å². The number of ether oxygens (including phenoxy) is 1. The lowest BCUT2D eigenvalue weighted by Crippen LogP contribution is -2.16. The summed E-state index contributed by atoms with van der Waals surface area (Å²) in [5.74, 6) is 1.58. The first kappa shape index (κ1) is 21.1. The van der Waals surface area contributed by atoms with Crippen LogP contribution in [0.3, 0.4) is 0 Å². The van der Waals surface area contributed by atoms with Gasteiger partial charge in [0, 0.05) is 16.4 Å². The van der Waals surface area contributed by atoms with Crippen molar-refractivity contribution < 1.29 is 13.5 Å². The molecule has 0 bridgehead atoms. The van der Waals surface area contributed by atoms with Crippen LogP contribution in [0.4, 0.5) is 14.6 Å². The Balaban J connectivity index is 1.67. The van der Waals surface area contributed by atoms with Crippen LogP contribution >= 0.6 is 18.5 Å². The zero-order valence-electron chi connectivity index (χ0n) is 16.3. The molecule has 30 heavy (non-hydrogen) atoms. The maximum Gasteiger partial charge on any atom is 0.283 e. The second kappa shape index (κ2) is 8.53. The highest BCUT2D eigenvalue weighted by molar-refractivity contribution is 7.28. The van der Waals surface area contributed by atoms with Gasteiger partial charge in [-0.2, -0.15) is 8.78 Å². The van der Waals surface area contributed by atoms with Crippen LogP contribution in [0.15, 0.2) is 48.8 Å². The summed E-state index contributed by atoms with van der Waals surface area (Å²) < 4.78 is 33.5. The Morgan fingerprint density at radius 2 is 1.93 bits per heavy atom. The average Bonchev–Trinajstić information content (AvgIpc) is 2.67. The summed E-state index contributed by atoms with van der Waals surface area (Å²) in [6.45, 7) is 0.201. The van der Waals surface area contributed by atoms with E-state index in [1.165, 1.54) is 24.8 Å². The average molecular weight is 445 g/mol. The standard InChI is InChI=1S/C22H23F2N3OP2/c23-22(24,30)15-6-1-3-13(9-15)12-28-20-16(14-4-2-5-14)7-8-17(21(20)29)18-10-27-19(25)11-26-18/h1,3,6-11,14H,2,4-5,12,29-30H2,(H2,25,27). The van der Waals surface area contributed by atoms with Gasteiger partial charge in [-0.1, -0.05) is 46.0 Å². The Morgan fingerprint density at radius 1 is 1.13 bits per heavy atom. The predicted octanol–water partition coefficient (Wildman–Crippen LogP) is 5.00. The first-order chi connectivity index (χ1) is 14.3. The zero-order chi connectivity index (χ0) is 21.3. The Hall–Kier alpha value is -2.16. The fourth-order valence-electron chi connectivity index (χ4n) is 3.54. The lowest BCUT2D eigenvalue weighted by atomic mass is 9.79. The van der Waals surface area contributed by atoms with Gasteiger partial charge < -0.3 is 10.5 Å². The van der Waals surface area contributed by atoms with Gasteiger partial charge >= 0.3 is 0 Å². The van der Waals surface area contributed by atoms with Crippen molar-refractivity contribution >= 4 is 29.6 Å². The number of nitrogens with two attached hydrogens (primary N) is 1. The molecule has 1 heterocycles. The highest BCUT2D eigenvalue weighted by Gasteiger charge is 2.26. The molecule has 156 valence electrons. The van der Waals surface area contributed by atoms with E-state index in [9.17, 15) is 8.78 Å². The number of nitrogen functional groups attached to an aromatic ring is 1. The fourth-order valence-corrected chi connectivity index (χ4v) is 4.22. The normalized spacial score (nSPS) is 14.4. The molecular formula is C22H23F2N3OP2. The summed E-state index contributed by atoms with van der Waals surface area (Å²) >= 11 is 0. The molecule has 0 spiro atoms. The Morgan fingerprint density at radius 3 is 2.57 bits per heavy atom. The largest absolute Gasteiger partial charge is 0.488 e. The van der Waals surface area contributed by atoms with Crippen molar-refractivity contribution in [2.75, 3.05) is 5.73 Å². The molecule has 1 fully saturated rings. The fraction of sp³-hybridized carbons (Fsp3) is 0.273. The van der Waals surface area contributed by atoms with E-state index < -0.39 is 5.66 Å². The Kier molecular flexibility index (Phi) is 5.99. The van der Waals surface area contributed by atoms with Crippen LogP contribution in [0.25, 0.3) is 11.3 Å². The second-order valence-corrected chi connectivity index (χ2v) is 8.81. The molecular weight excluding hydrogens is 422 g/mol. The minimum atomic E-state index is -2.97. The maximum absolute atomic E-state index is 13.7. The SMILES string of the molecule is Nc1cnc(-c2ccc(C3CCC3)c(OCc3cccc(C(F)(F)P)c3)c2P)cn1. The van der Waals surface area contributed by atoms with Crippen LogP contribution in [0, 0.1) is 0 Å². The van der Waals surface area contributed by atoms with Gasteiger partial charge in [0.2, 0.25) is 0 Å². The summed E-state index contributed by atoms with van der Waals surface area (Å²) in [6, 6.07) is 10.4. The maximum atomic E-state index is 13.7. The van der Waals surface area contributed by atoms with Gasteiger partial charge in [0.15, 0.2) is 0 Å². The summed E-state index contributed by atoms with van der Waals surface area (Å²) in [6.07, 6.45) is 6.60. The van der Waals surface area contributed by atoms with Gasteiger partial charge in [0.1, 0.15) is 18.2 Å². The molecule has 2 N–H and O–H groups in total. The zero-order valence-corrected chi connectivity index (χ0v) is 18.6. The molecule has 0 amide bonds. The lowest BCUT2D eigenvalue weighted by Gasteiger charge is -2.29. The third kappa shape index (κ3) is 4.45. The first-order valence-corrected chi connectivity index (χ1v) is 10.9. The molecule has 4 nitrogen and oxygen atoms in total. The molecule has 2 unspecified atom stereocenters. The van der Waals surface area contributed by atoms with Crippen molar-refractivity contribution in [3.05, 3.63) is 65.5 Å². The number of alkyl halides is 2. The van der Waals surface area contributed by atoms with E-state index >= 15 is 0 Å². The van der Waals surface area contributed by atoms with Gasteiger partial charge in [0.25, 0.3) is 5.66 Å².